The van der Waals surface area contributed by atoms with Crippen LogP contribution >= 0.6 is 11.3 Å². The van der Waals surface area contributed by atoms with Crippen molar-refractivity contribution < 1.29 is 4.74 Å². The molecule has 0 saturated heterocycles. The number of nitriles is 1. The molecule has 2 aromatic rings. The van der Waals surface area contributed by atoms with Crippen molar-refractivity contribution in [2.24, 2.45) is 10.1 Å². The molecule has 0 N–H and O–H groups in total. The molecule has 0 aliphatic carbocycles. The van der Waals surface area contributed by atoms with Crippen LogP contribution in [-0.2, 0) is 4.74 Å². The highest BCUT2D eigenvalue weighted by atomic mass is 32.1. The van der Waals surface area contributed by atoms with Gasteiger partial charge >= 0.3 is 0 Å². The van der Waals surface area contributed by atoms with E-state index in [2.05, 4.69) is 34.4 Å². The number of benzene rings is 1. The maximum atomic E-state index is 9.38. The van der Waals surface area contributed by atoms with Gasteiger partial charge in [0, 0.05) is 15.8 Å². The first kappa shape index (κ1) is 15.3. The van der Waals surface area contributed by atoms with E-state index in [0.717, 1.165) is 26.0 Å². The van der Waals surface area contributed by atoms with Gasteiger partial charge in [0.2, 0.25) is 6.17 Å². The van der Waals surface area contributed by atoms with Gasteiger partial charge in [-0.3, -0.25) is 0 Å². The zero-order valence-corrected chi connectivity index (χ0v) is 13.7. The predicted octanol–water partition coefficient (Wildman–Crippen LogP) is 2.31. The second-order valence-electron chi connectivity index (χ2n) is 4.93. The molecule has 116 valence electrons. The van der Waals surface area contributed by atoms with Crippen molar-refractivity contribution >= 4 is 23.4 Å². The Labute approximate surface area is 138 Å². The number of nitrogens with zero attached hydrogens (tertiary/aromatic N) is 4. The summed E-state index contributed by atoms with van der Waals surface area (Å²) in [6, 6.07) is 14.4. The molecule has 1 atom stereocenters. The van der Waals surface area contributed by atoms with Gasteiger partial charge in [-0.15, -0.1) is 16.4 Å². The molecule has 0 saturated carbocycles. The van der Waals surface area contributed by atoms with E-state index in [1.54, 1.807) is 16.3 Å². The topological polar surface area (TPSA) is 61.0 Å². The Morgan fingerprint density at radius 2 is 2.22 bits per heavy atom. The SMILES string of the molecule is CCOC=NN1C(C)=c2cc(-c3ccccc3)sc2=NC1C#N. The van der Waals surface area contributed by atoms with Crippen LogP contribution in [0.15, 0.2) is 46.5 Å². The molecule has 1 aliphatic heterocycles. The molecular formula is C17H16N4OS. The summed E-state index contributed by atoms with van der Waals surface area (Å²) < 4.78 is 6.02. The molecule has 0 radical (unpaired) electrons. The number of rotatable bonds is 4. The molecule has 0 bridgehead atoms. The molecule has 1 aromatic carbocycles. The quantitative estimate of drug-likeness (QED) is 0.640. The van der Waals surface area contributed by atoms with Gasteiger partial charge in [0.1, 0.15) is 10.7 Å². The van der Waals surface area contributed by atoms with Crippen molar-refractivity contribution in [3.8, 4) is 16.5 Å². The van der Waals surface area contributed by atoms with Crippen LogP contribution in [0.1, 0.15) is 13.8 Å². The second-order valence-corrected chi connectivity index (χ2v) is 5.96. The lowest BCUT2D eigenvalue weighted by molar-refractivity contribution is 0.306. The Morgan fingerprint density at radius 1 is 1.43 bits per heavy atom. The minimum Gasteiger partial charge on any atom is -0.482 e. The standard InChI is InChI=1S/C17H16N4OS/c1-3-22-11-19-21-12(2)14-9-15(13-7-5-4-6-8-13)23-17(14)20-16(21)10-18/h4-9,11,16H,3H2,1-2H3. The summed E-state index contributed by atoms with van der Waals surface area (Å²) in [6.45, 7) is 4.36. The normalized spacial score (nSPS) is 16.8. The summed E-state index contributed by atoms with van der Waals surface area (Å²) >= 11 is 1.59. The van der Waals surface area contributed by atoms with Gasteiger partial charge < -0.3 is 4.74 Å². The van der Waals surface area contributed by atoms with Crippen molar-refractivity contribution in [1.82, 2.24) is 5.01 Å². The Kier molecular flexibility index (Phi) is 4.40. The van der Waals surface area contributed by atoms with Crippen molar-refractivity contribution in [3.05, 3.63) is 46.3 Å². The fourth-order valence-corrected chi connectivity index (χ4v) is 3.45. The van der Waals surface area contributed by atoms with Gasteiger partial charge in [0.25, 0.3) is 0 Å². The number of hydrogen-bond acceptors (Lipinski definition) is 6. The van der Waals surface area contributed by atoms with Crippen LogP contribution in [0.3, 0.4) is 0 Å². The van der Waals surface area contributed by atoms with Crippen LogP contribution < -0.4 is 9.89 Å². The molecule has 0 spiro atoms. The van der Waals surface area contributed by atoms with Crippen LogP contribution in [0.4, 0.5) is 0 Å². The first-order valence-electron chi connectivity index (χ1n) is 7.31. The van der Waals surface area contributed by atoms with Crippen molar-refractivity contribution in [3.63, 3.8) is 0 Å². The predicted molar refractivity (Wildman–Crippen MR) is 91.0 cm³/mol. The number of fused-ring (bicyclic) bond motifs is 1. The van der Waals surface area contributed by atoms with E-state index in [9.17, 15) is 5.26 Å². The summed E-state index contributed by atoms with van der Waals surface area (Å²) in [5.41, 5.74) is 2.05. The number of thiophene rings is 1. The third kappa shape index (κ3) is 2.96. The van der Waals surface area contributed by atoms with E-state index in [-0.39, 0.29) is 0 Å². The molecule has 3 rings (SSSR count). The molecule has 0 amide bonds. The highest BCUT2D eigenvalue weighted by Gasteiger charge is 2.22. The van der Waals surface area contributed by atoms with Gasteiger partial charge in [-0.2, -0.15) is 5.26 Å². The smallest absolute Gasteiger partial charge is 0.229 e. The first-order valence-corrected chi connectivity index (χ1v) is 8.13. The van der Waals surface area contributed by atoms with Gasteiger partial charge in [-0.25, -0.2) is 10.0 Å². The molecule has 23 heavy (non-hydrogen) atoms. The van der Waals surface area contributed by atoms with Crippen LogP contribution in [0.5, 0.6) is 0 Å². The van der Waals surface area contributed by atoms with E-state index < -0.39 is 6.17 Å². The molecule has 1 unspecified atom stereocenters. The third-order valence-electron chi connectivity index (χ3n) is 3.50. The Bertz CT molecular complexity index is 880. The molecule has 1 aliphatic rings. The summed E-state index contributed by atoms with van der Waals surface area (Å²) in [7, 11) is 0. The third-order valence-corrected chi connectivity index (χ3v) is 4.60. The van der Waals surface area contributed by atoms with E-state index in [1.165, 1.54) is 6.40 Å². The number of ether oxygens (including phenoxy) is 1. The molecule has 0 fully saturated rings. The van der Waals surface area contributed by atoms with E-state index in [1.807, 2.05) is 32.0 Å². The molecule has 5 nitrogen and oxygen atoms in total. The monoisotopic (exact) mass is 324 g/mol. The highest BCUT2D eigenvalue weighted by Crippen LogP contribution is 2.22. The van der Waals surface area contributed by atoms with Crippen molar-refractivity contribution in [1.29, 1.82) is 5.26 Å². The summed E-state index contributed by atoms with van der Waals surface area (Å²) in [5, 5.41) is 16.2. The van der Waals surface area contributed by atoms with Gasteiger partial charge in [-0.1, -0.05) is 30.3 Å². The number of hydrazone groups is 1. The van der Waals surface area contributed by atoms with E-state index in [0.29, 0.717) is 6.61 Å². The Balaban J connectivity index is 2.09. The molecule has 6 heteroatoms. The lowest BCUT2D eigenvalue weighted by atomic mass is 10.2. The minimum atomic E-state index is -0.665. The zero-order chi connectivity index (χ0) is 16.2. The van der Waals surface area contributed by atoms with Crippen LogP contribution in [0.2, 0.25) is 0 Å². The highest BCUT2D eigenvalue weighted by molar-refractivity contribution is 7.13. The summed E-state index contributed by atoms with van der Waals surface area (Å²) in [6.07, 6.45) is 0.695. The molecular weight excluding hydrogens is 308 g/mol. The van der Waals surface area contributed by atoms with Crippen LogP contribution in [-0.4, -0.2) is 24.2 Å². The fourth-order valence-electron chi connectivity index (χ4n) is 2.35. The van der Waals surface area contributed by atoms with Crippen molar-refractivity contribution in [2.45, 2.75) is 20.0 Å². The Hall–Kier alpha value is -2.65. The van der Waals surface area contributed by atoms with Crippen LogP contribution in [0, 0.1) is 11.3 Å². The lowest BCUT2D eigenvalue weighted by Crippen LogP contribution is -2.40. The van der Waals surface area contributed by atoms with Crippen molar-refractivity contribution in [2.75, 3.05) is 6.61 Å². The summed E-state index contributed by atoms with van der Waals surface area (Å²) in [5.74, 6) is 0. The van der Waals surface area contributed by atoms with Crippen LogP contribution in [0.25, 0.3) is 16.1 Å². The fraction of sp³-hybridized carbons (Fsp3) is 0.235. The molecule has 2 heterocycles. The lowest BCUT2D eigenvalue weighted by Gasteiger charge is -2.23. The second kappa shape index (κ2) is 6.63. The van der Waals surface area contributed by atoms with Gasteiger partial charge in [0.15, 0.2) is 6.40 Å². The summed E-state index contributed by atoms with van der Waals surface area (Å²) in [4.78, 5) is 5.64. The Morgan fingerprint density at radius 3 is 2.91 bits per heavy atom. The average molecular weight is 324 g/mol. The van der Waals surface area contributed by atoms with E-state index >= 15 is 0 Å². The average Bonchev–Trinajstić information content (AvgIpc) is 3.02. The minimum absolute atomic E-state index is 0.534. The maximum absolute atomic E-state index is 9.38. The van der Waals surface area contributed by atoms with E-state index in [4.69, 9.17) is 4.74 Å². The first-order chi connectivity index (χ1) is 11.2. The number of hydrogen-bond donors (Lipinski definition) is 0. The molecule has 1 aromatic heterocycles. The maximum Gasteiger partial charge on any atom is 0.229 e. The largest absolute Gasteiger partial charge is 0.482 e. The van der Waals surface area contributed by atoms with Gasteiger partial charge in [-0.05, 0) is 25.5 Å². The zero-order valence-electron chi connectivity index (χ0n) is 12.9. The van der Waals surface area contributed by atoms with Gasteiger partial charge in [0.05, 0.1) is 6.61 Å².